The van der Waals surface area contributed by atoms with Crippen molar-refractivity contribution in [3.63, 3.8) is 0 Å². The Morgan fingerprint density at radius 1 is 0.912 bits per heavy atom. The van der Waals surface area contributed by atoms with Crippen LogP contribution >= 0.6 is 0 Å². The third-order valence-electron chi connectivity index (χ3n) is 5.24. The number of aromatic nitrogens is 2. The van der Waals surface area contributed by atoms with E-state index in [-0.39, 0.29) is 10.8 Å². The van der Waals surface area contributed by atoms with Gasteiger partial charge in [0.25, 0.3) is 0 Å². The maximum absolute atomic E-state index is 12.7. The van der Waals surface area contributed by atoms with Gasteiger partial charge in [-0.25, -0.2) is 13.1 Å². The minimum absolute atomic E-state index is 0.134. The maximum Gasteiger partial charge on any atom is 0.240 e. The SMILES string of the molecule is CCNS(=O)(=O)c1cc(-c2nnc(Nc3ccc(NC(C)=O)cc3)c3ccccc23)ccc1C. The molecule has 0 aliphatic rings. The first-order chi connectivity index (χ1) is 16.3. The number of sulfonamides is 1. The van der Waals surface area contributed by atoms with Crippen molar-refractivity contribution in [1.82, 2.24) is 14.9 Å². The molecule has 8 nitrogen and oxygen atoms in total. The Kier molecular flexibility index (Phi) is 6.58. The quantitative estimate of drug-likeness (QED) is 0.360. The second-order valence-electron chi connectivity index (χ2n) is 7.81. The van der Waals surface area contributed by atoms with Gasteiger partial charge in [0.1, 0.15) is 5.69 Å². The Morgan fingerprint density at radius 2 is 1.59 bits per heavy atom. The molecule has 0 saturated carbocycles. The van der Waals surface area contributed by atoms with E-state index in [0.717, 1.165) is 16.5 Å². The topological polar surface area (TPSA) is 113 Å². The van der Waals surface area contributed by atoms with Crippen LogP contribution in [0.15, 0.2) is 71.6 Å². The molecule has 9 heteroatoms. The number of carbonyl (C=O) groups excluding carboxylic acids is 1. The average Bonchev–Trinajstić information content (AvgIpc) is 2.80. The number of hydrogen-bond donors (Lipinski definition) is 3. The third kappa shape index (κ3) is 4.90. The number of aryl methyl sites for hydroxylation is 1. The summed E-state index contributed by atoms with van der Waals surface area (Å²) < 4.78 is 27.9. The summed E-state index contributed by atoms with van der Waals surface area (Å²) in [5, 5.41) is 16.5. The molecule has 0 bridgehead atoms. The van der Waals surface area contributed by atoms with Crippen LogP contribution in [-0.4, -0.2) is 31.1 Å². The summed E-state index contributed by atoms with van der Waals surface area (Å²) in [7, 11) is -3.62. The third-order valence-corrected chi connectivity index (χ3v) is 6.93. The zero-order valence-electron chi connectivity index (χ0n) is 19.1. The number of nitrogens with zero attached hydrogens (tertiary/aromatic N) is 2. The van der Waals surface area contributed by atoms with Crippen molar-refractivity contribution >= 4 is 43.9 Å². The minimum Gasteiger partial charge on any atom is -0.338 e. The molecule has 0 atom stereocenters. The number of carbonyl (C=O) groups is 1. The van der Waals surface area contributed by atoms with Crippen molar-refractivity contribution < 1.29 is 13.2 Å². The summed E-state index contributed by atoms with van der Waals surface area (Å²) in [6.45, 7) is 5.28. The molecule has 0 aliphatic heterocycles. The highest BCUT2D eigenvalue weighted by Crippen LogP contribution is 2.32. The maximum atomic E-state index is 12.7. The van der Waals surface area contributed by atoms with E-state index in [2.05, 4.69) is 25.6 Å². The first kappa shape index (κ1) is 23.3. The molecule has 0 saturated heterocycles. The first-order valence-electron chi connectivity index (χ1n) is 10.8. The Labute approximate surface area is 198 Å². The molecule has 4 rings (SSSR count). The predicted octanol–water partition coefficient (Wildman–Crippen LogP) is 4.61. The van der Waals surface area contributed by atoms with Gasteiger partial charge in [-0.3, -0.25) is 4.79 Å². The predicted molar refractivity (Wildman–Crippen MR) is 135 cm³/mol. The zero-order valence-corrected chi connectivity index (χ0v) is 19.9. The number of nitrogens with one attached hydrogen (secondary N) is 3. The highest BCUT2D eigenvalue weighted by atomic mass is 32.2. The Morgan fingerprint density at radius 3 is 2.26 bits per heavy atom. The van der Waals surface area contributed by atoms with Gasteiger partial charge in [-0.1, -0.05) is 43.3 Å². The Bertz CT molecular complexity index is 1470. The molecule has 0 fully saturated rings. The van der Waals surface area contributed by atoms with Gasteiger partial charge >= 0.3 is 0 Å². The van der Waals surface area contributed by atoms with E-state index in [1.807, 2.05) is 42.5 Å². The largest absolute Gasteiger partial charge is 0.338 e. The van der Waals surface area contributed by atoms with Crippen molar-refractivity contribution in [2.24, 2.45) is 0 Å². The minimum atomic E-state index is -3.62. The summed E-state index contributed by atoms with van der Waals surface area (Å²) in [6.07, 6.45) is 0. The molecule has 1 aromatic heterocycles. The number of hydrogen-bond acceptors (Lipinski definition) is 6. The fourth-order valence-electron chi connectivity index (χ4n) is 3.69. The number of benzene rings is 3. The second kappa shape index (κ2) is 9.58. The molecule has 3 aromatic carbocycles. The van der Waals surface area contributed by atoms with Crippen molar-refractivity contribution in [2.75, 3.05) is 17.2 Å². The standard InChI is InChI=1S/C25H25N5O3S/c1-4-26-34(32,33)23-15-18(10-9-16(23)2)24-21-7-5-6-8-22(21)25(30-29-24)28-20-13-11-19(12-14-20)27-17(3)31/h5-15,26H,4H2,1-3H3,(H,27,31)(H,28,30). The molecule has 3 N–H and O–H groups in total. The van der Waals surface area contributed by atoms with Gasteiger partial charge in [-0.05, 0) is 42.8 Å². The van der Waals surface area contributed by atoms with E-state index in [9.17, 15) is 13.2 Å². The summed E-state index contributed by atoms with van der Waals surface area (Å²) in [6, 6.07) is 20.2. The van der Waals surface area contributed by atoms with Crippen molar-refractivity contribution in [2.45, 2.75) is 25.7 Å². The van der Waals surface area contributed by atoms with Crippen LogP contribution in [-0.2, 0) is 14.8 Å². The van der Waals surface area contributed by atoms with Gasteiger partial charge in [0.05, 0.1) is 4.90 Å². The molecular formula is C25H25N5O3S. The van der Waals surface area contributed by atoms with Crippen LogP contribution in [0.2, 0.25) is 0 Å². The summed E-state index contributed by atoms with van der Waals surface area (Å²) in [4.78, 5) is 11.5. The van der Waals surface area contributed by atoms with Crippen molar-refractivity contribution in [3.8, 4) is 11.3 Å². The lowest BCUT2D eigenvalue weighted by atomic mass is 10.0. The highest BCUT2D eigenvalue weighted by Gasteiger charge is 2.18. The van der Waals surface area contributed by atoms with E-state index >= 15 is 0 Å². The molecule has 0 unspecified atom stereocenters. The van der Waals surface area contributed by atoms with Gasteiger partial charge in [0.2, 0.25) is 15.9 Å². The average molecular weight is 476 g/mol. The van der Waals surface area contributed by atoms with Crippen molar-refractivity contribution in [1.29, 1.82) is 0 Å². The molecular weight excluding hydrogens is 450 g/mol. The molecule has 0 radical (unpaired) electrons. The molecule has 1 heterocycles. The number of anilines is 3. The van der Waals surface area contributed by atoms with Gasteiger partial charge in [0, 0.05) is 41.2 Å². The second-order valence-corrected chi connectivity index (χ2v) is 9.54. The lowest BCUT2D eigenvalue weighted by Gasteiger charge is -2.13. The van der Waals surface area contributed by atoms with Crippen LogP contribution in [0.25, 0.3) is 22.0 Å². The van der Waals surface area contributed by atoms with Crippen LogP contribution in [0.3, 0.4) is 0 Å². The Balaban J connectivity index is 1.74. The zero-order chi connectivity index (χ0) is 24.3. The van der Waals surface area contributed by atoms with Gasteiger partial charge in [-0.2, -0.15) is 0 Å². The smallest absolute Gasteiger partial charge is 0.240 e. The van der Waals surface area contributed by atoms with E-state index in [1.54, 1.807) is 38.1 Å². The number of rotatable bonds is 7. The molecule has 34 heavy (non-hydrogen) atoms. The van der Waals surface area contributed by atoms with Gasteiger partial charge in [0.15, 0.2) is 5.82 Å². The van der Waals surface area contributed by atoms with Crippen LogP contribution in [0, 0.1) is 6.92 Å². The van der Waals surface area contributed by atoms with Crippen molar-refractivity contribution in [3.05, 3.63) is 72.3 Å². The molecule has 0 spiro atoms. The fourth-order valence-corrected chi connectivity index (χ4v) is 5.00. The number of fused-ring (bicyclic) bond motifs is 1. The van der Waals surface area contributed by atoms with Crippen LogP contribution in [0.5, 0.6) is 0 Å². The molecule has 0 aliphatic carbocycles. The summed E-state index contributed by atoms with van der Waals surface area (Å²) in [5.74, 6) is 0.435. The van der Waals surface area contributed by atoms with E-state index < -0.39 is 10.0 Å². The first-order valence-corrected chi connectivity index (χ1v) is 12.3. The van der Waals surface area contributed by atoms with Crippen LogP contribution in [0.4, 0.5) is 17.2 Å². The normalized spacial score (nSPS) is 11.4. The monoisotopic (exact) mass is 475 g/mol. The van der Waals surface area contributed by atoms with Crippen LogP contribution < -0.4 is 15.4 Å². The molecule has 4 aromatic rings. The summed E-state index contributed by atoms with van der Waals surface area (Å²) >= 11 is 0. The van der Waals surface area contributed by atoms with E-state index in [4.69, 9.17) is 0 Å². The van der Waals surface area contributed by atoms with Gasteiger partial charge in [-0.15, -0.1) is 10.2 Å². The lowest BCUT2D eigenvalue weighted by Crippen LogP contribution is -2.24. The summed E-state index contributed by atoms with van der Waals surface area (Å²) in [5.41, 5.74) is 3.40. The number of amides is 1. The van der Waals surface area contributed by atoms with E-state index in [1.165, 1.54) is 6.92 Å². The molecule has 174 valence electrons. The van der Waals surface area contributed by atoms with E-state index in [0.29, 0.717) is 34.9 Å². The van der Waals surface area contributed by atoms with Gasteiger partial charge < -0.3 is 10.6 Å². The molecule has 1 amide bonds. The fraction of sp³-hybridized carbons (Fsp3) is 0.160. The highest BCUT2D eigenvalue weighted by molar-refractivity contribution is 7.89. The Hall–Kier alpha value is -3.82. The van der Waals surface area contributed by atoms with Crippen LogP contribution in [0.1, 0.15) is 19.4 Å². The lowest BCUT2D eigenvalue weighted by molar-refractivity contribution is -0.114.